The van der Waals surface area contributed by atoms with Gasteiger partial charge in [-0.1, -0.05) is 36.4 Å². The molecule has 150 valence electrons. The number of hydrogen-bond acceptors (Lipinski definition) is 3. The summed E-state index contributed by atoms with van der Waals surface area (Å²) in [5, 5.41) is 2.63. The molecule has 0 radical (unpaired) electrons. The second-order valence-electron chi connectivity index (χ2n) is 6.77. The molecule has 3 rings (SSSR count). The lowest BCUT2D eigenvalue weighted by molar-refractivity contribution is -0.115. The van der Waals surface area contributed by atoms with E-state index in [-0.39, 0.29) is 16.9 Å². The molecule has 0 aliphatic rings. The Labute approximate surface area is 169 Å². The van der Waals surface area contributed by atoms with Gasteiger partial charge in [-0.05, 0) is 60.9 Å². The second kappa shape index (κ2) is 8.45. The number of carbonyl (C=O) groups excluding carboxylic acids is 1. The smallest absolute Gasteiger partial charge is 0.262 e. The van der Waals surface area contributed by atoms with Gasteiger partial charge in [0.25, 0.3) is 10.0 Å². The van der Waals surface area contributed by atoms with Gasteiger partial charge in [0, 0.05) is 11.4 Å². The van der Waals surface area contributed by atoms with E-state index in [1.807, 2.05) is 13.0 Å². The first-order chi connectivity index (χ1) is 13.7. The average Bonchev–Trinajstić information content (AvgIpc) is 2.65. The number of carbonyl (C=O) groups is 1. The third-order valence-electron chi connectivity index (χ3n) is 4.34. The maximum absolute atomic E-state index is 13.7. The molecule has 0 spiro atoms. The highest BCUT2D eigenvalue weighted by Gasteiger charge is 2.18. The van der Waals surface area contributed by atoms with Crippen LogP contribution in [0.2, 0.25) is 0 Å². The van der Waals surface area contributed by atoms with Crippen LogP contribution < -0.4 is 10.0 Å². The maximum Gasteiger partial charge on any atom is 0.262 e. The van der Waals surface area contributed by atoms with Crippen LogP contribution in [0.4, 0.5) is 15.8 Å². The van der Waals surface area contributed by atoms with Crippen molar-refractivity contribution in [3.63, 3.8) is 0 Å². The van der Waals surface area contributed by atoms with Gasteiger partial charge in [-0.15, -0.1) is 0 Å². The molecule has 0 aliphatic carbocycles. The van der Waals surface area contributed by atoms with E-state index in [1.54, 1.807) is 49.4 Å². The van der Waals surface area contributed by atoms with Crippen LogP contribution in [0.1, 0.15) is 16.7 Å². The molecule has 0 heterocycles. The maximum atomic E-state index is 13.7. The van der Waals surface area contributed by atoms with Gasteiger partial charge in [0.15, 0.2) is 0 Å². The minimum Gasteiger partial charge on any atom is -0.326 e. The second-order valence-corrected chi connectivity index (χ2v) is 8.42. The average molecular weight is 412 g/mol. The van der Waals surface area contributed by atoms with Crippen molar-refractivity contribution in [3.8, 4) is 0 Å². The molecular formula is C22H21FN2O3S. The summed E-state index contributed by atoms with van der Waals surface area (Å²) in [5.41, 5.74) is 2.51. The van der Waals surface area contributed by atoms with Crippen LogP contribution >= 0.6 is 0 Å². The zero-order chi connectivity index (χ0) is 21.0. The molecule has 0 atom stereocenters. The zero-order valence-electron chi connectivity index (χ0n) is 16.1. The van der Waals surface area contributed by atoms with Crippen molar-refractivity contribution < 1.29 is 17.6 Å². The van der Waals surface area contributed by atoms with Gasteiger partial charge in [0.1, 0.15) is 5.82 Å². The lowest BCUT2D eigenvalue weighted by Crippen LogP contribution is -2.17. The molecule has 2 N–H and O–H groups in total. The number of amides is 1. The van der Waals surface area contributed by atoms with Crippen molar-refractivity contribution in [2.45, 2.75) is 25.2 Å². The van der Waals surface area contributed by atoms with E-state index in [2.05, 4.69) is 10.0 Å². The Bertz CT molecular complexity index is 1160. The van der Waals surface area contributed by atoms with E-state index < -0.39 is 21.7 Å². The predicted octanol–water partition coefficient (Wildman–Crippen LogP) is 4.42. The number of benzene rings is 3. The molecule has 0 saturated carbocycles. The van der Waals surface area contributed by atoms with Crippen molar-refractivity contribution in [2.24, 2.45) is 0 Å². The van der Waals surface area contributed by atoms with E-state index in [1.165, 1.54) is 18.2 Å². The number of sulfonamides is 1. The first-order valence-electron chi connectivity index (χ1n) is 8.98. The molecule has 5 nitrogen and oxygen atoms in total. The normalized spacial score (nSPS) is 11.1. The largest absolute Gasteiger partial charge is 0.326 e. The fourth-order valence-electron chi connectivity index (χ4n) is 2.91. The Hall–Kier alpha value is -3.19. The van der Waals surface area contributed by atoms with Gasteiger partial charge in [-0.3, -0.25) is 9.52 Å². The van der Waals surface area contributed by atoms with Crippen LogP contribution in [0, 0.1) is 19.7 Å². The van der Waals surface area contributed by atoms with Crippen LogP contribution in [-0.2, 0) is 21.2 Å². The van der Waals surface area contributed by atoms with Crippen molar-refractivity contribution >= 4 is 27.3 Å². The Balaban J connectivity index is 1.80. The van der Waals surface area contributed by atoms with Crippen LogP contribution in [0.3, 0.4) is 0 Å². The highest BCUT2D eigenvalue weighted by atomic mass is 32.2. The summed E-state index contributed by atoms with van der Waals surface area (Å²) in [7, 11) is -3.85. The number of halogens is 1. The van der Waals surface area contributed by atoms with E-state index in [0.717, 1.165) is 5.56 Å². The van der Waals surface area contributed by atoms with Gasteiger partial charge in [0.05, 0.1) is 11.3 Å². The molecule has 29 heavy (non-hydrogen) atoms. The lowest BCUT2D eigenvalue weighted by Gasteiger charge is -2.13. The van der Waals surface area contributed by atoms with Crippen LogP contribution in [0.5, 0.6) is 0 Å². The third kappa shape index (κ3) is 5.20. The molecule has 3 aromatic carbocycles. The van der Waals surface area contributed by atoms with Crippen molar-refractivity contribution in [3.05, 3.63) is 89.2 Å². The summed E-state index contributed by atoms with van der Waals surface area (Å²) >= 11 is 0. The summed E-state index contributed by atoms with van der Waals surface area (Å²) in [6, 6.07) is 17.7. The SMILES string of the molecule is Cc1cccc(NS(=O)(=O)c2cc(NC(=O)Cc3ccccc3F)ccc2C)c1. The monoisotopic (exact) mass is 412 g/mol. The van der Waals surface area contributed by atoms with Crippen molar-refractivity contribution in [2.75, 3.05) is 10.0 Å². The van der Waals surface area contributed by atoms with Gasteiger partial charge < -0.3 is 5.32 Å². The number of aryl methyl sites for hydroxylation is 2. The highest BCUT2D eigenvalue weighted by Crippen LogP contribution is 2.23. The standard InChI is InChI=1S/C22H21FN2O3S/c1-15-6-5-8-19(12-15)25-29(27,28)21-14-18(11-10-16(21)2)24-22(26)13-17-7-3-4-9-20(17)23/h3-12,14,25H,13H2,1-2H3,(H,24,26). The van der Waals surface area contributed by atoms with Crippen LogP contribution in [0.15, 0.2) is 71.6 Å². The fraction of sp³-hybridized carbons (Fsp3) is 0.136. The summed E-state index contributed by atoms with van der Waals surface area (Å²) < 4.78 is 42.0. The molecule has 0 unspecified atom stereocenters. The molecule has 0 fully saturated rings. The number of hydrogen-bond donors (Lipinski definition) is 2. The number of rotatable bonds is 6. The van der Waals surface area contributed by atoms with E-state index in [0.29, 0.717) is 16.9 Å². The summed E-state index contributed by atoms with van der Waals surface area (Å²) in [4.78, 5) is 12.3. The Morgan fingerprint density at radius 3 is 2.41 bits per heavy atom. The van der Waals surface area contributed by atoms with Gasteiger partial charge in [-0.25, -0.2) is 12.8 Å². The fourth-order valence-corrected chi connectivity index (χ4v) is 4.23. The summed E-state index contributed by atoms with van der Waals surface area (Å²) in [6.07, 6.45) is -0.149. The summed E-state index contributed by atoms with van der Waals surface area (Å²) in [5.74, 6) is -0.897. The zero-order valence-corrected chi connectivity index (χ0v) is 16.9. The van der Waals surface area contributed by atoms with Gasteiger partial charge in [0.2, 0.25) is 5.91 Å². The predicted molar refractivity (Wildman–Crippen MR) is 112 cm³/mol. The molecule has 7 heteroatoms. The van der Waals surface area contributed by atoms with Crippen molar-refractivity contribution in [1.29, 1.82) is 0 Å². The van der Waals surface area contributed by atoms with Gasteiger partial charge >= 0.3 is 0 Å². The molecule has 0 aliphatic heterocycles. The molecular weight excluding hydrogens is 391 g/mol. The third-order valence-corrected chi connectivity index (χ3v) is 5.86. The van der Waals surface area contributed by atoms with Crippen LogP contribution in [-0.4, -0.2) is 14.3 Å². The minimum atomic E-state index is -3.85. The topological polar surface area (TPSA) is 75.3 Å². The highest BCUT2D eigenvalue weighted by molar-refractivity contribution is 7.92. The molecule has 0 bridgehead atoms. The minimum absolute atomic E-state index is 0.0581. The summed E-state index contributed by atoms with van der Waals surface area (Å²) in [6.45, 7) is 3.55. The Kier molecular flexibility index (Phi) is 5.98. The first-order valence-corrected chi connectivity index (χ1v) is 10.5. The number of anilines is 2. The van der Waals surface area contributed by atoms with E-state index in [4.69, 9.17) is 0 Å². The first kappa shape index (κ1) is 20.5. The molecule has 0 saturated heterocycles. The Morgan fingerprint density at radius 2 is 1.69 bits per heavy atom. The quantitative estimate of drug-likeness (QED) is 0.629. The Morgan fingerprint density at radius 1 is 0.931 bits per heavy atom. The van der Waals surface area contributed by atoms with Crippen LogP contribution in [0.25, 0.3) is 0 Å². The van der Waals surface area contributed by atoms with Crippen molar-refractivity contribution in [1.82, 2.24) is 0 Å². The van der Waals surface area contributed by atoms with Gasteiger partial charge in [-0.2, -0.15) is 0 Å². The van der Waals surface area contributed by atoms with E-state index in [9.17, 15) is 17.6 Å². The molecule has 0 aromatic heterocycles. The lowest BCUT2D eigenvalue weighted by atomic mass is 10.1. The number of nitrogens with one attached hydrogen (secondary N) is 2. The van der Waals surface area contributed by atoms with E-state index >= 15 is 0 Å². The molecule has 1 amide bonds. The molecule has 3 aromatic rings.